The Balaban J connectivity index is 1.60. The van der Waals surface area contributed by atoms with Gasteiger partial charge in [0, 0.05) is 50.2 Å². The van der Waals surface area contributed by atoms with Gasteiger partial charge in [0.1, 0.15) is 19.5 Å². The van der Waals surface area contributed by atoms with Gasteiger partial charge in [-0.3, -0.25) is 9.59 Å². The maximum Gasteiger partial charge on any atom is 0.293 e. The molecule has 0 aliphatic heterocycles. The molecule has 4 aromatic rings. The summed E-state index contributed by atoms with van der Waals surface area (Å²) in [5.74, 6) is -0.495. The van der Waals surface area contributed by atoms with E-state index in [1.807, 2.05) is 0 Å². The SMILES string of the molecule is COCCN(C)C(=O)Cn1ccc(Nc2ncc3cc(-c4c(F)cccc4Cl)c(=O)n(OC)c3n2)c1. The number of fused-ring (bicyclic) bond motifs is 1. The lowest BCUT2D eigenvalue weighted by Gasteiger charge is -2.16. The van der Waals surface area contributed by atoms with Crippen molar-refractivity contribution in [1.29, 1.82) is 0 Å². The first kappa shape index (κ1) is 25.1. The highest BCUT2D eigenvalue weighted by Crippen LogP contribution is 2.30. The summed E-state index contributed by atoms with van der Waals surface area (Å²) in [7, 11) is 4.61. The molecule has 0 radical (unpaired) electrons. The van der Waals surface area contributed by atoms with E-state index in [0.29, 0.717) is 24.2 Å². The van der Waals surface area contributed by atoms with Crippen molar-refractivity contribution in [3.05, 3.63) is 70.1 Å². The summed E-state index contributed by atoms with van der Waals surface area (Å²) in [6, 6.07) is 7.43. The number of pyridine rings is 1. The predicted octanol–water partition coefficient (Wildman–Crippen LogP) is 2.96. The van der Waals surface area contributed by atoms with Crippen LogP contribution in [0.25, 0.3) is 22.2 Å². The van der Waals surface area contributed by atoms with Crippen molar-refractivity contribution in [3.63, 3.8) is 0 Å². The van der Waals surface area contributed by atoms with Crippen LogP contribution < -0.4 is 15.7 Å². The zero-order chi connectivity index (χ0) is 25.8. The number of aromatic nitrogens is 4. The first-order chi connectivity index (χ1) is 17.3. The number of ether oxygens (including phenoxy) is 1. The van der Waals surface area contributed by atoms with Crippen molar-refractivity contribution in [3.8, 4) is 11.1 Å². The lowest BCUT2D eigenvalue weighted by Crippen LogP contribution is -2.32. The molecular formula is C24H24ClFN6O4. The molecule has 0 bridgehead atoms. The van der Waals surface area contributed by atoms with Crippen LogP contribution in [0.4, 0.5) is 16.0 Å². The molecule has 0 spiro atoms. The number of halogens is 2. The van der Waals surface area contributed by atoms with Crippen molar-refractivity contribution in [2.24, 2.45) is 0 Å². The minimum Gasteiger partial charge on any atom is -0.412 e. The predicted molar refractivity (Wildman–Crippen MR) is 134 cm³/mol. The van der Waals surface area contributed by atoms with E-state index in [1.165, 1.54) is 37.6 Å². The molecule has 3 aromatic heterocycles. The second-order valence-electron chi connectivity index (χ2n) is 7.91. The van der Waals surface area contributed by atoms with Gasteiger partial charge in [-0.15, -0.1) is 4.73 Å². The molecule has 0 fully saturated rings. The van der Waals surface area contributed by atoms with Crippen LogP contribution in [0.5, 0.6) is 0 Å². The monoisotopic (exact) mass is 514 g/mol. The van der Waals surface area contributed by atoms with Gasteiger partial charge in [0.25, 0.3) is 5.56 Å². The fourth-order valence-corrected chi connectivity index (χ4v) is 3.87. The van der Waals surface area contributed by atoms with Gasteiger partial charge in [-0.1, -0.05) is 17.7 Å². The molecular weight excluding hydrogens is 491 g/mol. The first-order valence-electron chi connectivity index (χ1n) is 10.9. The van der Waals surface area contributed by atoms with Crippen molar-refractivity contribution in [1.82, 2.24) is 24.2 Å². The molecule has 1 amide bonds. The molecule has 1 N–H and O–H groups in total. The summed E-state index contributed by atoms with van der Waals surface area (Å²) >= 11 is 6.17. The smallest absolute Gasteiger partial charge is 0.293 e. The fourth-order valence-electron chi connectivity index (χ4n) is 3.61. The Labute approximate surface area is 210 Å². The zero-order valence-electron chi connectivity index (χ0n) is 19.9. The van der Waals surface area contributed by atoms with Crippen LogP contribution in [-0.4, -0.2) is 64.5 Å². The van der Waals surface area contributed by atoms with Gasteiger partial charge >= 0.3 is 0 Å². The van der Waals surface area contributed by atoms with E-state index in [2.05, 4.69) is 15.3 Å². The van der Waals surface area contributed by atoms with E-state index in [-0.39, 0.29) is 40.2 Å². The number of methoxy groups -OCH3 is 1. The van der Waals surface area contributed by atoms with E-state index in [9.17, 15) is 14.0 Å². The van der Waals surface area contributed by atoms with Crippen LogP contribution in [0, 0.1) is 5.82 Å². The molecule has 0 aliphatic rings. The van der Waals surface area contributed by atoms with Crippen LogP contribution in [-0.2, 0) is 16.1 Å². The topological polar surface area (TPSA) is 104 Å². The summed E-state index contributed by atoms with van der Waals surface area (Å²) in [5.41, 5.74) is 0.203. The van der Waals surface area contributed by atoms with Crippen molar-refractivity contribution in [2.45, 2.75) is 6.54 Å². The van der Waals surface area contributed by atoms with E-state index < -0.39 is 11.4 Å². The Hall–Kier alpha value is -3.96. The van der Waals surface area contributed by atoms with Gasteiger partial charge < -0.3 is 24.4 Å². The third kappa shape index (κ3) is 5.16. The van der Waals surface area contributed by atoms with Crippen molar-refractivity contribution < 1.29 is 18.8 Å². The Morgan fingerprint density at radius 2 is 2.08 bits per heavy atom. The molecule has 0 atom stereocenters. The Morgan fingerprint density at radius 1 is 1.28 bits per heavy atom. The number of likely N-dealkylation sites (N-methyl/N-ethyl adjacent to an activating group) is 1. The van der Waals surface area contributed by atoms with Gasteiger partial charge in [0.15, 0.2) is 5.65 Å². The highest BCUT2D eigenvalue weighted by molar-refractivity contribution is 6.33. The number of nitrogens with zero attached hydrogens (tertiary/aromatic N) is 5. The number of anilines is 2. The minimum atomic E-state index is -0.631. The van der Waals surface area contributed by atoms with Gasteiger partial charge in [0.05, 0.1) is 22.9 Å². The number of amides is 1. The number of carbonyl (C=O) groups is 1. The van der Waals surface area contributed by atoms with Crippen molar-refractivity contribution >= 4 is 40.2 Å². The summed E-state index contributed by atoms with van der Waals surface area (Å²) in [6.45, 7) is 1.12. The van der Waals surface area contributed by atoms with Crippen LogP contribution in [0.1, 0.15) is 0 Å². The average Bonchev–Trinajstić information content (AvgIpc) is 3.29. The van der Waals surface area contributed by atoms with E-state index in [1.54, 1.807) is 42.1 Å². The highest BCUT2D eigenvalue weighted by Gasteiger charge is 2.19. The second kappa shape index (κ2) is 10.8. The molecule has 36 heavy (non-hydrogen) atoms. The van der Waals surface area contributed by atoms with Crippen LogP contribution in [0.3, 0.4) is 0 Å². The molecule has 188 valence electrons. The maximum absolute atomic E-state index is 14.5. The lowest BCUT2D eigenvalue weighted by atomic mass is 10.1. The summed E-state index contributed by atoms with van der Waals surface area (Å²) in [4.78, 5) is 41.0. The van der Waals surface area contributed by atoms with Gasteiger partial charge in [-0.05, 0) is 24.3 Å². The fraction of sp³-hybridized carbons (Fsp3) is 0.250. The molecule has 10 nitrogen and oxygen atoms in total. The highest BCUT2D eigenvalue weighted by atomic mass is 35.5. The second-order valence-corrected chi connectivity index (χ2v) is 8.32. The summed E-state index contributed by atoms with van der Waals surface area (Å²) in [5, 5.41) is 3.59. The molecule has 0 saturated heterocycles. The largest absolute Gasteiger partial charge is 0.412 e. The average molecular weight is 515 g/mol. The number of hydrogen-bond donors (Lipinski definition) is 1. The Kier molecular flexibility index (Phi) is 7.51. The molecule has 4 rings (SSSR count). The van der Waals surface area contributed by atoms with Gasteiger partial charge in [-0.2, -0.15) is 4.98 Å². The third-order valence-corrected chi connectivity index (χ3v) is 5.81. The molecule has 3 heterocycles. The molecule has 0 saturated carbocycles. The van der Waals surface area contributed by atoms with Crippen LogP contribution >= 0.6 is 11.6 Å². The molecule has 12 heteroatoms. The number of nitrogens with one attached hydrogen (secondary N) is 1. The van der Waals surface area contributed by atoms with Crippen LogP contribution in [0.15, 0.2) is 53.7 Å². The quantitative estimate of drug-likeness (QED) is 0.366. The molecule has 0 aliphatic carbocycles. The molecule has 1 aromatic carbocycles. The third-order valence-electron chi connectivity index (χ3n) is 5.50. The van der Waals surface area contributed by atoms with Gasteiger partial charge in [0.2, 0.25) is 11.9 Å². The zero-order valence-corrected chi connectivity index (χ0v) is 20.6. The number of benzene rings is 1. The number of carbonyl (C=O) groups excluding carboxylic acids is 1. The maximum atomic E-state index is 14.5. The Bertz CT molecular complexity index is 1450. The summed E-state index contributed by atoms with van der Waals surface area (Å²) < 4.78 is 22.2. The molecule has 0 unspecified atom stereocenters. The Morgan fingerprint density at radius 3 is 2.81 bits per heavy atom. The van der Waals surface area contributed by atoms with Crippen LogP contribution in [0.2, 0.25) is 5.02 Å². The normalized spacial score (nSPS) is 11.0. The number of hydrogen-bond acceptors (Lipinski definition) is 7. The number of rotatable bonds is 9. The van der Waals surface area contributed by atoms with Crippen molar-refractivity contribution in [2.75, 3.05) is 39.7 Å². The van der Waals surface area contributed by atoms with E-state index >= 15 is 0 Å². The van der Waals surface area contributed by atoms with Gasteiger partial charge in [-0.25, -0.2) is 9.37 Å². The van der Waals surface area contributed by atoms with E-state index in [0.717, 1.165) is 4.73 Å². The van der Waals surface area contributed by atoms with E-state index in [4.69, 9.17) is 21.2 Å². The lowest BCUT2D eigenvalue weighted by molar-refractivity contribution is -0.131. The standard InChI is InChI=1S/C24H24ClFN6O4/c1-30(9-10-35-2)20(33)14-31-8-7-16(13-31)28-24-27-12-15-11-17(21-18(25)5-4-6-19(21)26)23(34)32(36-3)22(15)29-24/h4-8,11-13H,9-10,14H2,1-3H3,(H,27,28,29). The minimum absolute atomic E-state index is 0.0222. The first-order valence-corrected chi connectivity index (χ1v) is 11.3. The summed E-state index contributed by atoms with van der Waals surface area (Å²) in [6.07, 6.45) is 4.98.